The van der Waals surface area contributed by atoms with Gasteiger partial charge in [-0.3, -0.25) is 9.69 Å². The number of carbonyl (C=O) groups excluding carboxylic acids is 1. The number of fused-ring (bicyclic) bond motifs is 1. The van der Waals surface area contributed by atoms with Crippen LogP contribution in [0.2, 0.25) is 0 Å². The van der Waals surface area contributed by atoms with E-state index in [9.17, 15) is 4.79 Å². The third-order valence-electron chi connectivity index (χ3n) is 4.34. The number of carbonyl (C=O) groups is 1. The lowest BCUT2D eigenvalue weighted by Gasteiger charge is -2.45. The molecule has 1 aliphatic carbocycles. The number of aromatic nitrogens is 1. The Morgan fingerprint density at radius 2 is 2.05 bits per heavy atom. The number of hydrogen-bond acceptors (Lipinski definition) is 5. The Hall–Kier alpha value is -0.940. The second-order valence-corrected chi connectivity index (χ2v) is 7.26. The van der Waals surface area contributed by atoms with Gasteiger partial charge in [0.15, 0.2) is 10.9 Å². The minimum Gasteiger partial charge on any atom is -0.345 e. The first-order valence-electron chi connectivity index (χ1n) is 6.96. The molecule has 4 nitrogen and oxygen atoms in total. The maximum Gasteiger partial charge on any atom is 0.186 e. The predicted octanol–water partition coefficient (Wildman–Crippen LogP) is 2.19. The van der Waals surface area contributed by atoms with Gasteiger partial charge in [-0.1, -0.05) is 0 Å². The topological polar surface area (TPSA) is 36.4 Å². The summed E-state index contributed by atoms with van der Waals surface area (Å²) in [7, 11) is 2.17. The SMILES string of the molecule is CN1CCN(c2nc3c(s2)CCCC3=O)CC1(C)C. The molecule has 1 saturated heterocycles. The quantitative estimate of drug-likeness (QED) is 0.789. The van der Waals surface area contributed by atoms with Gasteiger partial charge >= 0.3 is 0 Å². The highest BCUT2D eigenvalue weighted by atomic mass is 32.1. The van der Waals surface area contributed by atoms with Crippen molar-refractivity contribution in [2.24, 2.45) is 0 Å². The highest BCUT2D eigenvalue weighted by molar-refractivity contribution is 7.16. The first-order valence-corrected chi connectivity index (χ1v) is 7.78. The first kappa shape index (κ1) is 13.1. The molecule has 0 N–H and O–H groups in total. The van der Waals surface area contributed by atoms with Crippen LogP contribution in [0.1, 0.15) is 42.1 Å². The Morgan fingerprint density at radius 1 is 1.26 bits per heavy atom. The molecule has 0 saturated carbocycles. The van der Waals surface area contributed by atoms with Crippen molar-refractivity contribution < 1.29 is 4.79 Å². The fraction of sp³-hybridized carbons (Fsp3) is 0.714. The van der Waals surface area contributed by atoms with Crippen molar-refractivity contribution in [2.45, 2.75) is 38.6 Å². The summed E-state index contributed by atoms with van der Waals surface area (Å²) in [5.41, 5.74) is 0.914. The molecule has 0 bridgehead atoms. The molecule has 0 radical (unpaired) electrons. The van der Waals surface area contributed by atoms with E-state index >= 15 is 0 Å². The maximum absolute atomic E-state index is 11.9. The highest BCUT2D eigenvalue weighted by Crippen LogP contribution is 2.33. The number of likely N-dealkylation sites (N-methyl/N-ethyl adjacent to an activating group) is 1. The van der Waals surface area contributed by atoms with E-state index in [1.807, 2.05) is 0 Å². The van der Waals surface area contributed by atoms with E-state index in [2.05, 4.69) is 35.7 Å². The minimum absolute atomic E-state index is 0.161. The van der Waals surface area contributed by atoms with Gasteiger partial charge in [0.25, 0.3) is 0 Å². The van der Waals surface area contributed by atoms with Gasteiger partial charge in [-0.2, -0.15) is 0 Å². The number of thiazole rings is 1. The summed E-state index contributed by atoms with van der Waals surface area (Å²) in [5.74, 6) is 0.233. The molecule has 2 aliphatic rings. The van der Waals surface area contributed by atoms with Crippen LogP contribution in [0.5, 0.6) is 0 Å². The zero-order valence-electron chi connectivity index (χ0n) is 11.9. The highest BCUT2D eigenvalue weighted by Gasteiger charge is 2.33. The summed E-state index contributed by atoms with van der Waals surface area (Å²) in [4.78, 5) is 22.4. The van der Waals surface area contributed by atoms with Crippen molar-refractivity contribution >= 4 is 22.3 Å². The number of piperazine rings is 1. The van der Waals surface area contributed by atoms with Crippen LogP contribution in [-0.4, -0.2) is 47.9 Å². The van der Waals surface area contributed by atoms with Crippen molar-refractivity contribution in [2.75, 3.05) is 31.6 Å². The molecule has 0 spiro atoms. The lowest BCUT2D eigenvalue weighted by Crippen LogP contribution is -2.57. The number of aryl methyl sites for hydroxylation is 1. The van der Waals surface area contributed by atoms with Crippen molar-refractivity contribution in [3.63, 3.8) is 0 Å². The van der Waals surface area contributed by atoms with Gasteiger partial charge < -0.3 is 4.90 Å². The van der Waals surface area contributed by atoms with Gasteiger partial charge in [-0.25, -0.2) is 4.98 Å². The van der Waals surface area contributed by atoms with Crippen LogP contribution in [0.4, 0.5) is 5.13 Å². The molecule has 1 aliphatic heterocycles. The summed E-state index contributed by atoms with van der Waals surface area (Å²) in [6, 6.07) is 0. The van der Waals surface area contributed by atoms with E-state index in [-0.39, 0.29) is 11.3 Å². The van der Waals surface area contributed by atoms with Gasteiger partial charge in [0.2, 0.25) is 0 Å². The van der Waals surface area contributed by atoms with Gasteiger partial charge in [-0.05, 0) is 33.7 Å². The summed E-state index contributed by atoms with van der Waals surface area (Å²) in [5, 5.41) is 1.04. The number of ketones is 1. The van der Waals surface area contributed by atoms with Gasteiger partial charge in [-0.15, -0.1) is 11.3 Å². The Kier molecular flexibility index (Phi) is 3.14. The van der Waals surface area contributed by atoms with Crippen molar-refractivity contribution in [3.8, 4) is 0 Å². The smallest absolute Gasteiger partial charge is 0.186 e. The average Bonchev–Trinajstić information content (AvgIpc) is 2.78. The summed E-state index contributed by atoms with van der Waals surface area (Å²) in [6.07, 6.45) is 2.68. The molecule has 104 valence electrons. The van der Waals surface area contributed by atoms with E-state index in [1.54, 1.807) is 11.3 Å². The Morgan fingerprint density at radius 3 is 2.74 bits per heavy atom. The molecule has 1 aromatic heterocycles. The van der Waals surface area contributed by atoms with Crippen LogP contribution in [-0.2, 0) is 6.42 Å². The van der Waals surface area contributed by atoms with Gasteiger partial charge in [0.05, 0.1) is 0 Å². The molecule has 0 unspecified atom stereocenters. The summed E-state index contributed by atoms with van der Waals surface area (Å²) < 4.78 is 0. The molecule has 3 rings (SSSR count). The second kappa shape index (κ2) is 4.56. The van der Waals surface area contributed by atoms with Crippen molar-refractivity contribution in [1.82, 2.24) is 9.88 Å². The molecule has 19 heavy (non-hydrogen) atoms. The lowest BCUT2D eigenvalue weighted by atomic mass is 10.0. The Bertz CT molecular complexity index is 509. The van der Waals surface area contributed by atoms with E-state index in [0.29, 0.717) is 6.42 Å². The molecule has 1 aromatic rings. The lowest BCUT2D eigenvalue weighted by molar-refractivity contribution is 0.0968. The van der Waals surface area contributed by atoms with E-state index in [4.69, 9.17) is 0 Å². The second-order valence-electron chi connectivity index (χ2n) is 6.20. The predicted molar refractivity (Wildman–Crippen MR) is 78.3 cm³/mol. The van der Waals surface area contributed by atoms with E-state index in [1.165, 1.54) is 4.88 Å². The molecule has 0 aromatic carbocycles. The summed E-state index contributed by atoms with van der Waals surface area (Å²) >= 11 is 1.72. The molecule has 0 atom stereocenters. The van der Waals surface area contributed by atoms with Gasteiger partial charge in [0, 0.05) is 36.5 Å². The zero-order chi connectivity index (χ0) is 13.6. The van der Waals surface area contributed by atoms with Crippen LogP contribution in [0, 0.1) is 0 Å². The van der Waals surface area contributed by atoms with Crippen LogP contribution in [0.3, 0.4) is 0 Å². The fourth-order valence-corrected chi connectivity index (χ4v) is 3.94. The number of Topliss-reactive ketones (excluding diaryl/α,β-unsaturated/α-hetero) is 1. The zero-order valence-corrected chi connectivity index (χ0v) is 12.7. The Labute approximate surface area is 118 Å². The number of hydrogen-bond donors (Lipinski definition) is 0. The van der Waals surface area contributed by atoms with Crippen molar-refractivity contribution in [1.29, 1.82) is 0 Å². The van der Waals surface area contributed by atoms with Gasteiger partial charge in [0.1, 0.15) is 5.69 Å². The molecule has 2 heterocycles. The standard InChI is InChI=1S/C14H21N3OS/c1-14(2)9-17(8-7-16(14)3)13-15-12-10(18)5-4-6-11(12)19-13/h4-9H2,1-3H3. The monoisotopic (exact) mass is 279 g/mol. The third-order valence-corrected chi connectivity index (χ3v) is 5.52. The fourth-order valence-electron chi connectivity index (χ4n) is 2.79. The van der Waals surface area contributed by atoms with Crippen LogP contribution in [0.25, 0.3) is 0 Å². The number of nitrogens with zero attached hydrogens (tertiary/aromatic N) is 3. The minimum atomic E-state index is 0.161. The number of anilines is 1. The summed E-state index contributed by atoms with van der Waals surface area (Å²) in [6.45, 7) is 7.55. The van der Waals surface area contributed by atoms with E-state index in [0.717, 1.165) is 43.3 Å². The first-order chi connectivity index (χ1) is 8.97. The molecule has 5 heteroatoms. The van der Waals surface area contributed by atoms with Crippen LogP contribution in [0.15, 0.2) is 0 Å². The molecular formula is C14H21N3OS. The third kappa shape index (κ3) is 2.30. The number of rotatable bonds is 1. The van der Waals surface area contributed by atoms with Crippen molar-refractivity contribution in [3.05, 3.63) is 10.6 Å². The molecular weight excluding hydrogens is 258 g/mol. The van der Waals surface area contributed by atoms with E-state index < -0.39 is 0 Å². The van der Waals surface area contributed by atoms with Crippen LogP contribution >= 0.6 is 11.3 Å². The Balaban J connectivity index is 1.85. The normalized spacial score (nSPS) is 23.5. The molecule has 1 fully saturated rings. The maximum atomic E-state index is 11.9. The average molecular weight is 279 g/mol. The molecule has 0 amide bonds. The van der Waals surface area contributed by atoms with Crippen LogP contribution < -0.4 is 4.90 Å². The largest absolute Gasteiger partial charge is 0.345 e.